The minimum Gasteiger partial charge on any atom is -0.370 e. The highest BCUT2D eigenvalue weighted by atomic mass is 32.1. The van der Waals surface area contributed by atoms with Crippen LogP contribution in [0.2, 0.25) is 0 Å². The molecule has 0 spiro atoms. The van der Waals surface area contributed by atoms with Crippen LogP contribution in [0.5, 0.6) is 0 Å². The molecule has 118 valence electrons. The molecule has 0 saturated carbocycles. The Morgan fingerprint density at radius 3 is 2.91 bits per heavy atom. The van der Waals surface area contributed by atoms with Crippen LogP contribution in [0.15, 0.2) is 41.8 Å². The SMILES string of the molecule is Cc1ccccc1-n1nc(Cc2cccs2)c2c1NCCCC2. The molecule has 0 radical (unpaired) electrons. The van der Waals surface area contributed by atoms with E-state index in [0.29, 0.717) is 0 Å². The Morgan fingerprint density at radius 2 is 2.09 bits per heavy atom. The van der Waals surface area contributed by atoms with Crippen LogP contribution < -0.4 is 5.32 Å². The molecule has 0 amide bonds. The van der Waals surface area contributed by atoms with Gasteiger partial charge in [-0.15, -0.1) is 11.3 Å². The molecule has 1 N–H and O–H groups in total. The van der Waals surface area contributed by atoms with Crippen molar-refractivity contribution in [3.63, 3.8) is 0 Å². The van der Waals surface area contributed by atoms with Gasteiger partial charge in [0.15, 0.2) is 0 Å². The number of benzene rings is 1. The summed E-state index contributed by atoms with van der Waals surface area (Å²) in [7, 11) is 0. The van der Waals surface area contributed by atoms with Gasteiger partial charge in [0.25, 0.3) is 0 Å². The molecule has 0 atom stereocenters. The van der Waals surface area contributed by atoms with E-state index < -0.39 is 0 Å². The number of hydrogen-bond acceptors (Lipinski definition) is 3. The van der Waals surface area contributed by atoms with Crippen molar-refractivity contribution in [1.29, 1.82) is 0 Å². The van der Waals surface area contributed by atoms with E-state index in [1.165, 1.54) is 46.0 Å². The van der Waals surface area contributed by atoms with Gasteiger partial charge in [-0.05, 0) is 49.3 Å². The van der Waals surface area contributed by atoms with Crippen molar-refractivity contribution in [1.82, 2.24) is 9.78 Å². The standard InChI is InChI=1S/C19H21N3S/c1-14-7-2-3-10-18(14)22-19-16(9-4-5-11-20-19)17(21-22)13-15-8-6-12-23-15/h2-3,6-8,10,12,20H,4-5,9,11,13H2,1H3. The Balaban J connectivity index is 1.83. The summed E-state index contributed by atoms with van der Waals surface area (Å²) in [4.78, 5) is 1.38. The van der Waals surface area contributed by atoms with E-state index in [4.69, 9.17) is 5.10 Å². The molecule has 4 rings (SSSR count). The van der Waals surface area contributed by atoms with Crippen molar-refractivity contribution < 1.29 is 0 Å². The fraction of sp³-hybridized carbons (Fsp3) is 0.316. The lowest BCUT2D eigenvalue weighted by Gasteiger charge is -2.11. The average Bonchev–Trinajstić information content (AvgIpc) is 3.10. The quantitative estimate of drug-likeness (QED) is 0.764. The van der Waals surface area contributed by atoms with Crippen LogP contribution in [0, 0.1) is 6.92 Å². The second-order valence-corrected chi connectivity index (χ2v) is 7.14. The number of para-hydroxylation sites is 1. The second kappa shape index (κ2) is 6.20. The van der Waals surface area contributed by atoms with Gasteiger partial charge in [-0.1, -0.05) is 24.3 Å². The van der Waals surface area contributed by atoms with Crippen molar-refractivity contribution in [2.75, 3.05) is 11.9 Å². The third-order valence-corrected chi connectivity index (χ3v) is 5.35. The first-order valence-corrected chi connectivity index (χ1v) is 9.14. The molecule has 0 aliphatic carbocycles. The molecule has 23 heavy (non-hydrogen) atoms. The molecule has 3 nitrogen and oxygen atoms in total. The van der Waals surface area contributed by atoms with Gasteiger partial charge in [-0.25, -0.2) is 4.68 Å². The van der Waals surface area contributed by atoms with E-state index in [9.17, 15) is 0 Å². The number of aromatic nitrogens is 2. The minimum absolute atomic E-state index is 0.931. The van der Waals surface area contributed by atoms with Crippen LogP contribution >= 0.6 is 11.3 Å². The number of thiophene rings is 1. The highest BCUT2D eigenvalue weighted by Crippen LogP contribution is 2.30. The number of rotatable bonds is 3. The first-order chi connectivity index (χ1) is 11.3. The summed E-state index contributed by atoms with van der Waals surface area (Å²) in [5, 5.41) is 10.8. The summed E-state index contributed by atoms with van der Waals surface area (Å²) < 4.78 is 2.12. The number of nitrogens with zero attached hydrogens (tertiary/aromatic N) is 2. The van der Waals surface area contributed by atoms with Gasteiger partial charge in [0.2, 0.25) is 0 Å². The summed E-state index contributed by atoms with van der Waals surface area (Å²) in [5.74, 6) is 1.20. The topological polar surface area (TPSA) is 29.9 Å². The molecule has 2 aromatic heterocycles. The molecule has 1 aromatic carbocycles. The van der Waals surface area contributed by atoms with E-state index in [1.54, 1.807) is 0 Å². The molecule has 3 heterocycles. The summed E-state index contributed by atoms with van der Waals surface area (Å²) in [6, 6.07) is 12.8. The van der Waals surface area contributed by atoms with Crippen LogP contribution in [-0.4, -0.2) is 16.3 Å². The third kappa shape index (κ3) is 2.79. The molecule has 0 saturated heterocycles. The van der Waals surface area contributed by atoms with Gasteiger partial charge >= 0.3 is 0 Å². The summed E-state index contributed by atoms with van der Waals surface area (Å²) in [6.07, 6.45) is 4.51. The highest BCUT2D eigenvalue weighted by Gasteiger charge is 2.21. The zero-order valence-corrected chi connectivity index (χ0v) is 14.2. The normalized spacial score (nSPS) is 14.1. The molecule has 1 aliphatic rings. The monoisotopic (exact) mass is 323 g/mol. The van der Waals surface area contributed by atoms with Gasteiger partial charge in [0.1, 0.15) is 5.82 Å². The van der Waals surface area contributed by atoms with Crippen molar-refractivity contribution in [3.05, 3.63) is 63.5 Å². The lowest BCUT2D eigenvalue weighted by molar-refractivity contribution is 0.767. The molecule has 1 aliphatic heterocycles. The predicted molar refractivity (Wildman–Crippen MR) is 96.9 cm³/mol. The number of nitrogens with one attached hydrogen (secondary N) is 1. The van der Waals surface area contributed by atoms with E-state index in [1.807, 2.05) is 11.3 Å². The van der Waals surface area contributed by atoms with Crippen LogP contribution in [0.25, 0.3) is 5.69 Å². The minimum atomic E-state index is 0.931. The smallest absolute Gasteiger partial charge is 0.133 e. The van der Waals surface area contributed by atoms with Gasteiger partial charge < -0.3 is 5.32 Å². The van der Waals surface area contributed by atoms with Crippen molar-refractivity contribution in [2.24, 2.45) is 0 Å². The molecule has 3 aromatic rings. The second-order valence-electron chi connectivity index (χ2n) is 6.11. The molecule has 4 heteroatoms. The fourth-order valence-electron chi connectivity index (χ4n) is 3.27. The first kappa shape index (κ1) is 14.5. The summed E-state index contributed by atoms with van der Waals surface area (Å²) in [5.41, 5.74) is 5.06. The molecule has 0 fully saturated rings. The maximum Gasteiger partial charge on any atom is 0.133 e. The maximum atomic E-state index is 5.00. The van der Waals surface area contributed by atoms with Gasteiger partial charge in [-0.3, -0.25) is 0 Å². The number of hydrogen-bond donors (Lipinski definition) is 1. The van der Waals surface area contributed by atoms with E-state index in [2.05, 4.69) is 58.7 Å². The Bertz CT molecular complexity index is 802. The lowest BCUT2D eigenvalue weighted by atomic mass is 10.1. The van der Waals surface area contributed by atoms with E-state index in [-0.39, 0.29) is 0 Å². The predicted octanol–water partition coefficient (Wildman–Crippen LogP) is 4.58. The zero-order chi connectivity index (χ0) is 15.6. The number of aryl methyl sites for hydroxylation is 1. The van der Waals surface area contributed by atoms with Gasteiger partial charge in [-0.2, -0.15) is 5.10 Å². The molecule has 0 bridgehead atoms. The van der Waals surface area contributed by atoms with Crippen LogP contribution in [0.1, 0.15) is 34.5 Å². The average molecular weight is 323 g/mol. The lowest BCUT2D eigenvalue weighted by Crippen LogP contribution is -2.08. The van der Waals surface area contributed by atoms with Crippen molar-refractivity contribution in [3.8, 4) is 5.69 Å². The largest absolute Gasteiger partial charge is 0.370 e. The zero-order valence-electron chi connectivity index (χ0n) is 13.4. The van der Waals surface area contributed by atoms with Crippen molar-refractivity contribution in [2.45, 2.75) is 32.6 Å². The van der Waals surface area contributed by atoms with Crippen molar-refractivity contribution >= 4 is 17.2 Å². The third-order valence-electron chi connectivity index (χ3n) is 4.48. The van der Waals surface area contributed by atoms with Gasteiger partial charge in [0, 0.05) is 23.4 Å². The first-order valence-electron chi connectivity index (χ1n) is 8.26. The number of fused-ring (bicyclic) bond motifs is 1. The van der Waals surface area contributed by atoms with Crippen LogP contribution in [0.3, 0.4) is 0 Å². The molecule has 0 unspecified atom stereocenters. The Kier molecular flexibility index (Phi) is 3.92. The maximum absolute atomic E-state index is 5.00. The Hall–Kier alpha value is -2.07. The van der Waals surface area contributed by atoms with Gasteiger partial charge in [0.05, 0.1) is 11.4 Å². The Morgan fingerprint density at radius 1 is 1.17 bits per heavy atom. The number of anilines is 1. The highest BCUT2D eigenvalue weighted by molar-refractivity contribution is 7.09. The fourth-order valence-corrected chi connectivity index (χ4v) is 3.98. The van der Waals surface area contributed by atoms with Crippen LogP contribution in [-0.2, 0) is 12.8 Å². The Labute approximate surface area is 141 Å². The summed E-state index contributed by atoms with van der Waals surface area (Å²) >= 11 is 1.81. The van der Waals surface area contributed by atoms with Crippen LogP contribution in [0.4, 0.5) is 5.82 Å². The molecular weight excluding hydrogens is 302 g/mol. The molecular formula is C19H21N3S. The van der Waals surface area contributed by atoms with E-state index >= 15 is 0 Å². The van der Waals surface area contributed by atoms with E-state index in [0.717, 1.165) is 19.4 Å². The summed E-state index contributed by atoms with van der Waals surface area (Å²) in [6.45, 7) is 3.18.